The van der Waals surface area contributed by atoms with Crippen molar-refractivity contribution in [2.45, 2.75) is 25.9 Å². The number of carbonyl (C=O) groups is 2. The van der Waals surface area contributed by atoms with Crippen molar-refractivity contribution < 1.29 is 14.1 Å². The van der Waals surface area contributed by atoms with Crippen molar-refractivity contribution in [1.29, 1.82) is 0 Å². The van der Waals surface area contributed by atoms with Crippen LogP contribution in [-0.2, 0) is 16.1 Å². The summed E-state index contributed by atoms with van der Waals surface area (Å²) in [6.07, 6.45) is 1.76. The Labute approximate surface area is 92.6 Å². The Kier molecular flexibility index (Phi) is 3.00. The first kappa shape index (κ1) is 10.8. The predicted octanol–water partition coefficient (Wildman–Crippen LogP) is -0.0884. The van der Waals surface area contributed by atoms with Crippen LogP contribution in [0.4, 0.5) is 0 Å². The van der Waals surface area contributed by atoms with Crippen LogP contribution in [0.25, 0.3) is 0 Å². The fraction of sp³-hybridized carbons (Fsp3) is 0.500. The first-order valence-corrected chi connectivity index (χ1v) is 5.19. The Balaban J connectivity index is 1.92. The molecule has 0 radical (unpaired) electrons. The number of rotatable bonds is 4. The Morgan fingerprint density at radius 1 is 1.62 bits per heavy atom. The highest BCUT2D eigenvalue weighted by molar-refractivity contribution is 6.05. The van der Waals surface area contributed by atoms with Gasteiger partial charge in [-0.3, -0.25) is 19.8 Å². The normalized spacial score (nSPS) is 20.8. The van der Waals surface area contributed by atoms with E-state index in [-0.39, 0.29) is 18.2 Å². The van der Waals surface area contributed by atoms with E-state index in [9.17, 15) is 9.59 Å². The predicted molar refractivity (Wildman–Crippen MR) is 54.1 cm³/mol. The van der Waals surface area contributed by atoms with Crippen LogP contribution in [0.1, 0.15) is 19.1 Å². The number of amides is 2. The molecular formula is C10H13N3O3. The molecule has 6 heteroatoms. The summed E-state index contributed by atoms with van der Waals surface area (Å²) in [5.41, 5.74) is 0. The average Bonchev–Trinajstić information content (AvgIpc) is 2.85. The van der Waals surface area contributed by atoms with Crippen LogP contribution >= 0.6 is 0 Å². The van der Waals surface area contributed by atoms with Gasteiger partial charge in [-0.1, -0.05) is 5.16 Å². The highest BCUT2D eigenvalue weighted by Gasteiger charge is 2.37. The van der Waals surface area contributed by atoms with Crippen LogP contribution in [0.2, 0.25) is 0 Å². The average molecular weight is 223 g/mol. The molecule has 0 bridgehead atoms. The molecule has 0 spiro atoms. The van der Waals surface area contributed by atoms with Gasteiger partial charge >= 0.3 is 0 Å². The van der Waals surface area contributed by atoms with E-state index < -0.39 is 6.04 Å². The van der Waals surface area contributed by atoms with Gasteiger partial charge in [0.1, 0.15) is 5.76 Å². The minimum absolute atomic E-state index is 0.123. The van der Waals surface area contributed by atoms with Crippen LogP contribution in [0.5, 0.6) is 0 Å². The summed E-state index contributed by atoms with van der Waals surface area (Å²) in [5.74, 6) is 0.366. The second-order valence-corrected chi connectivity index (χ2v) is 3.59. The fourth-order valence-electron chi connectivity index (χ4n) is 1.73. The summed E-state index contributed by atoms with van der Waals surface area (Å²) >= 11 is 0. The van der Waals surface area contributed by atoms with Gasteiger partial charge < -0.3 is 4.52 Å². The molecule has 1 aliphatic heterocycles. The number of likely N-dealkylation sites (N-methyl/N-ethyl adjacent to an activating group) is 1. The molecule has 1 unspecified atom stereocenters. The maximum Gasteiger partial charge on any atom is 0.246 e. The third-order valence-corrected chi connectivity index (χ3v) is 2.57. The summed E-state index contributed by atoms with van der Waals surface area (Å²) in [4.78, 5) is 24.4. The number of nitrogens with one attached hydrogen (secondary N) is 1. The first-order chi connectivity index (χ1) is 7.72. The molecule has 6 nitrogen and oxygen atoms in total. The largest absolute Gasteiger partial charge is 0.360 e. The summed E-state index contributed by atoms with van der Waals surface area (Å²) in [6.45, 7) is 2.62. The van der Waals surface area contributed by atoms with Crippen molar-refractivity contribution in [3.8, 4) is 0 Å². The third kappa shape index (κ3) is 1.96. The summed E-state index contributed by atoms with van der Waals surface area (Å²) in [7, 11) is 0. The molecule has 1 aromatic heterocycles. The number of aromatic nitrogens is 1. The van der Waals surface area contributed by atoms with E-state index in [0.717, 1.165) is 0 Å². The number of hydrogen-bond acceptors (Lipinski definition) is 5. The van der Waals surface area contributed by atoms with Gasteiger partial charge in [-0.15, -0.1) is 0 Å². The monoisotopic (exact) mass is 223 g/mol. The Morgan fingerprint density at radius 3 is 3.00 bits per heavy atom. The van der Waals surface area contributed by atoms with Gasteiger partial charge in [-0.25, -0.2) is 0 Å². The Morgan fingerprint density at radius 2 is 2.44 bits per heavy atom. The molecule has 16 heavy (non-hydrogen) atoms. The third-order valence-electron chi connectivity index (χ3n) is 2.57. The van der Waals surface area contributed by atoms with Gasteiger partial charge in [-0.2, -0.15) is 0 Å². The minimum atomic E-state index is -0.433. The van der Waals surface area contributed by atoms with Crippen molar-refractivity contribution in [3.05, 3.63) is 18.0 Å². The maximum atomic E-state index is 11.7. The summed E-state index contributed by atoms with van der Waals surface area (Å²) < 4.78 is 4.89. The highest BCUT2D eigenvalue weighted by atomic mass is 16.5. The SMILES string of the molecule is CCN1C(=O)CC(NCc2ccno2)C1=O. The molecule has 1 fully saturated rings. The smallest absolute Gasteiger partial charge is 0.246 e. The van der Waals surface area contributed by atoms with E-state index in [4.69, 9.17) is 4.52 Å². The Bertz CT molecular complexity index is 388. The first-order valence-electron chi connectivity index (χ1n) is 5.19. The van der Waals surface area contributed by atoms with E-state index in [2.05, 4.69) is 10.5 Å². The van der Waals surface area contributed by atoms with Crippen LogP contribution < -0.4 is 5.32 Å². The van der Waals surface area contributed by atoms with Crippen molar-refractivity contribution in [2.24, 2.45) is 0 Å². The quantitative estimate of drug-likeness (QED) is 0.722. The molecule has 86 valence electrons. The molecular weight excluding hydrogens is 210 g/mol. The van der Waals surface area contributed by atoms with Gasteiger partial charge in [0.2, 0.25) is 11.8 Å². The second kappa shape index (κ2) is 4.44. The van der Waals surface area contributed by atoms with Crippen molar-refractivity contribution >= 4 is 11.8 Å². The molecule has 2 rings (SSSR count). The maximum absolute atomic E-state index is 11.7. The van der Waals surface area contributed by atoms with E-state index in [1.165, 1.54) is 11.1 Å². The topological polar surface area (TPSA) is 75.4 Å². The lowest BCUT2D eigenvalue weighted by molar-refractivity contribution is -0.138. The molecule has 2 heterocycles. The van der Waals surface area contributed by atoms with Crippen LogP contribution in [0, 0.1) is 0 Å². The van der Waals surface area contributed by atoms with Gasteiger partial charge in [0.25, 0.3) is 0 Å². The number of likely N-dealkylation sites (tertiary alicyclic amines) is 1. The minimum Gasteiger partial charge on any atom is -0.360 e. The molecule has 1 aromatic rings. The van der Waals surface area contributed by atoms with E-state index in [1.54, 1.807) is 13.0 Å². The van der Waals surface area contributed by atoms with E-state index in [0.29, 0.717) is 18.8 Å². The molecule has 1 atom stereocenters. The van der Waals surface area contributed by atoms with Crippen molar-refractivity contribution in [2.75, 3.05) is 6.54 Å². The molecule has 1 saturated heterocycles. The fourth-order valence-corrected chi connectivity index (χ4v) is 1.73. The number of hydrogen-bond donors (Lipinski definition) is 1. The summed E-state index contributed by atoms with van der Waals surface area (Å²) in [6, 6.07) is 1.28. The van der Waals surface area contributed by atoms with Gasteiger partial charge in [0.05, 0.1) is 25.2 Å². The van der Waals surface area contributed by atoms with Gasteiger partial charge in [0, 0.05) is 12.6 Å². The highest BCUT2D eigenvalue weighted by Crippen LogP contribution is 2.13. The molecule has 1 N–H and O–H groups in total. The zero-order valence-corrected chi connectivity index (χ0v) is 8.97. The van der Waals surface area contributed by atoms with Crippen LogP contribution in [0.3, 0.4) is 0 Å². The number of carbonyl (C=O) groups excluding carboxylic acids is 2. The molecule has 0 saturated carbocycles. The number of nitrogens with zero attached hydrogens (tertiary/aromatic N) is 2. The van der Waals surface area contributed by atoms with Crippen molar-refractivity contribution in [3.63, 3.8) is 0 Å². The summed E-state index contributed by atoms with van der Waals surface area (Å²) in [5, 5.41) is 6.54. The van der Waals surface area contributed by atoms with Crippen LogP contribution in [0.15, 0.2) is 16.8 Å². The lowest BCUT2D eigenvalue weighted by Crippen LogP contribution is -2.38. The molecule has 0 aliphatic carbocycles. The lowest BCUT2D eigenvalue weighted by Gasteiger charge is -2.12. The van der Waals surface area contributed by atoms with E-state index in [1.807, 2.05) is 0 Å². The van der Waals surface area contributed by atoms with Crippen molar-refractivity contribution in [1.82, 2.24) is 15.4 Å². The zero-order valence-electron chi connectivity index (χ0n) is 8.97. The van der Waals surface area contributed by atoms with Crippen LogP contribution in [-0.4, -0.2) is 34.5 Å². The Hall–Kier alpha value is -1.69. The molecule has 1 aliphatic rings. The zero-order chi connectivity index (χ0) is 11.5. The van der Waals surface area contributed by atoms with Gasteiger partial charge in [-0.05, 0) is 6.92 Å². The number of imide groups is 1. The molecule has 2 amide bonds. The standard InChI is InChI=1S/C10H13N3O3/c1-2-13-9(14)5-8(10(13)15)11-6-7-3-4-12-16-7/h3-4,8,11H,2,5-6H2,1H3. The lowest BCUT2D eigenvalue weighted by atomic mass is 10.2. The van der Waals surface area contributed by atoms with Gasteiger partial charge in [0.15, 0.2) is 0 Å². The molecule has 0 aromatic carbocycles. The second-order valence-electron chi connectivity index (χ2n) is 3.59. The van der Waals surface area contributed by atoms with E-state index >= 15 is 0 Å².